The van der Waals surface area contributed by atoms with E-state index in [1.54, 1.807) is 0 Å². The van der Waals surface area contributed by atoms with Crippen LogP contribution >= 0.6 is 12.4 Å². The molecule has 1 atom stereocenters. The van der Waals surface area contributed by atoms with E-state index in [9.17, 15) is 9.59 Å². The normalized spacial score (nSPS) is 26.7. The maximum absolute atomic E-state index is 12.1. The van der Waals surface area contributed by atoms with Crippen LogP contribution in [0.25, 0.3) is 0 Å². The van der Waals surface area contributed by atoms with Crippen LogP contribution < -0.4 is 10.6 Å². The van der Waals surface area contributed by atoms with E-state index in [4.69, 9.17) is 0 Å². The first-order valence-corrected chi connectivity index (χ1v) is 6.93. The number of amides is 2. The topological polar surface area (TPSA) is 61.4 Å². The second-order valence-electron chi connectivity index (χ2n) is 5.49. The number of halogens is 1. The van der Waals surface area contributed by atoms with Crippen molar-refractivity contribution >= 4 is 24.2 Å². The van der Waals surface area contributed by atoms with Gasteiger partial charge in [-0.3, -0.25) is 9.59 Å². The van der Waals surface area contributed by atoms with Gasteiger partial charge in [-0.1, -0.05) is 0 Å². The minimum Gasteiger partial charge on any atom is -0.345 e. The molecular weight excluding hydrogens is 266 g/mol. The van der Waals surface area contributed by atoms with Gasteiger partial charge in [-0.15, -0.1) is 12.4 Å². The number of nitrogens with one attached hydrogen (secondary N) is 2. The highest BCUT2D eigenvalue weighted by molar-refractivity contribution is 5.90. The maximum atomic E-state index is 12.1. The number of nitrogens with zero attached hydrogens (tertiary/aromatic N) is 1. The van der Waals surface area contributed by atoms with Gasteiger partial charge in [0, 0.05) is 13.1 Å². The van der Waals surface area contributed by atoms with E-state index in [0.29, 0.717) is 0 Å². The molecule has 0 bridgehead atoms. The molecule has 2 rings (SSSR count). The largest absolute Gasteiger partial charge is 0.345 e. The SMILES string of the molecule is CC1(C(=O)NCC(=O)N2CCCC2)CCCCN1.Cl. The molecule has 2 aliphatic rings. The fourth-order valence-electron chi connectivity index (χ4n) is 2.68. The summed E-state index contributed by atoms with van der Waals surface area (Å²) in [5.74, 6) is -0.00462. The molecule has 0 aromatic rings. The van der Waals surface area contributed by atoms with Gasteiger partial charge < -0.3 is 15.5 Å². The third-order valence-corrected chi connectivity index (χ3v) is 3.98. The number of likely N-dealkylation sites (tertiary alicyclic amines) is 1. The number of carbonyl (C=O) groups excluding carboxylic acids is 2. The Balaban J connectivity index is 0.00000180. The lowest BCUT2D eigenvalue weighted by Gasteiger charge is -2.33. The van der Waals surface area contributed by atoms with E-state index in [1.165, 1.54) is 0 Å². The molecule has 5 nitrogen and oxygen atoms in total. The van der Waals surface area contributed by atoms with E-state index in [1.807, 2.05) is 11.8 Å². The van der Waals surface area contributed by atoms with E-state index in [2.05, 4.69) is 10.6 Å². The monoisotopic (exact) mass is 289 g/mol. The van der Waals surface area contributed by atoms with Crippen molar-refractivity contribution in [1.82, 2.24) is 15.5 Å². The average molecular weight is 290 g/mol. The van der Waals surface area contributed by atoms with Crippen LogP contribution in [0, 0.1) is 0 Å². The highest BCUT2D eigenvalue weighted by atomic mass is 35.5. The Kier molecular flexibility index (Phi) is 6.07. The summed E-state index contributed by atoms with van der Waals surface area (Å²) in [6.07, 6.45) is 5.20. The number of rotatable bonds is 3. The summed E-state index contributed by atoms with van der Waals surface area (Å²) in [6.45, 7) is 4.61. The minimum absolute atomic E-state index is 0. The molecule has 0 spiro atoms. The summed E-state index contributed by atoms with van der Waals surface area (Å²) >= 11 is 0. The van der Waals surface area contributed by atoms with Gasteiger partial charge in [-0.25, -0.2) is 0 Å². The Morgan fingerprint density at radius 1 is 1.21 bits per heavy atom. The molecule has 2 amide bonds. The van der Waals surface area contributed by atoms with Crippen LogP contribution in [0.1, 0.15) is 39.0 Å². The van der Waals surface area contributed by atoms with Gasteiger partial charge in [0.05, 0.1) is 12.1 Å². The Bertz CT molecular complexity index is 324. The molecule has 2 aliphatic heterocycles. The summed E-state index contributed by atoms with van der Waals surface area (Å²) in [6, 6.07) is 0. The molecule has 1 unspecified atom stereocenters. The molecular formula is C13H24ClN3O2. The zero-order chi connectivity index (χ0) is 13.0. The zero-order valence-electron chi connectivity index (χ0n) is 11.5. The molecule has 0 aromatic heterocycles. The number of piperidine rings is 1. The first kappa shape index (κ1) is 16.2. The van der Waals surface area contributed by atoms with E-state index < -0.39 is 5.54 Å². The molecule has 6 heteroatoms. The van der Waals surface area contributed by atoms with Crippen molar-refractivity contribution in [1.29, 1.82) is 0 Å². The fraction of sp³-hybridized carbons (Fsp3) is 0.846. The quantitative estimate of drug-likeness (QED) is 0.803. The van der Waals surface area contributed by atoms with Gasteiger partial charge in [0.1, 0.15) is 0 Å². The summed E-state index contributed by atoms with van der Waals surface area (Å²) in [4.78, 5) is 25.8. The van der Waals surface area contributed by atoms with E-state index >= 15 is 0 Å². The highest BCUT2D eigenvalue weighted by Gasteiger charge is 2.34. The first-order valence-electron chi connectivity index (χ1n) is 6.93. The molecule has 0 aliphatic carbocycles. The highest BCUT2D eigenvalue weighted by Crippen LogP contribution is 2.18. The minimum atomic E-state index is -0.496. The second-order valence-corrected chi connectivity index (χ2v) is 5.49. The van der Waals surface area contributed by atoms with Gasteiger partial charge in [0.15, 0.2) is 0 Å². The molecule has 2 saturated heterocycles. The van der Waals surface area contributed by atoms with Gasteiger partial charge in [0.2, 0.25) is 11.8 Å². The number of carbonyl (C=O) groups is 2. The van der Waals surface area contributed by atoms with Crippen LogP contribution in [0.4, 0.5) is 0 Å². The average Bonchev–Trinajstić information content (AvgIpc) is 2.90. The van der Waals surface area contributed by atoms with Crippen LogP contribution in [-0.4, -0.2) is 48.4 Å². The smallest absolute Gasteiger partial charge is 0.241 e. The Morgan fingerprint density at radius 3 is 2.47 bits per heavy atom. The Morgan fingerprint density at radius 2 is 1.89 bits per heavy atom. The van der Waals surface area contributed by atoms with Gasteiger partial charge >= 0.3 is 0 Å². The van der Waals surface area contributed by atoms with Gasteiger partial charge in [-0.05, 0) is 45.6 Å². The van der Waals surface area contributed by atoms with Crippen LogP contribution in [0.5, 0.6) is 0 Å². The van der Waals surface area contributed by atoms with Crippen molar-refractivity contribution in [3.8, 4) is 0 Å². The standard InChI is InChI=1S/C13H23N3O2.ClH/c1-13(6-2-3-7-15-13)12(18)14-10-11(17)16-8-4-5-9-16;/h15H,2-10H2,1H3,(H,14,18);1H. The maximum Gasteiger partial charge on any atom is 0.241 e. The van der Waals surface area contributed by atoms with Crippen molar-refractivity contribution in [2.75, 3.05) is 26.2 Å². The van der Waals surface area contributed by atoms with Crippen molar-refractivity contribution in [2.45, 2.75) is 44.6 Å². The van der Waals surface area contributed by atoms with Crippen molar-refractivity contribution in [3.63, 3.8) is 0 Å². The van der Waals surface area contributed by atoms with Crippen molar-refractivity contribution in [2.24, 2.45) is 0 Å². The van der Waals surface area contributed by atoms with Crippen molar-refractivity contribution < 1.29 is 9.59 Å². The Hall–Kier alpha value is -0.810. The third kappa shape index (κ3) is 4.08. The lowest BCUT2D eigenvalue weighted by molar-refractivity contribution is -0.134. The molecule has 2 heterocycles. The Labute approximate surface area is 120 Å². The van der Waals surface area contributed by atoms with Crippen LogP contribution in [0.2, 0.25) is 0 Å². The van der Waals surface area contributed by atoms with E-state index in [-0.39, 0.29) is 30.8 Å². The van der Waals surface area contributed by atoms with Crippen LogP contribution in [-0.2, 0) is 9.59 Å². The molecule has 2 N–H and O–H groups in total. The van der Waals surface area contributed by atoms with Crippen LogP contribution in [0.3, 0.4) is 0 Å². The third-order valence-electron chi connectivity index (χ3n) is 3.98. The summed E-state index contributed by atoms with van der Waals surface area (Å²) < 4.78 is 0. The predicted octanol–water partition coefficient (Wildman–Crippen LogP) is 0.679. The molecule has 2 fully saturated rings. The predicted molar refractivity (Wildman–Crippen MR) is 76.3 cm³/mol. The summed E-state index contributed by atoms with van der Waals surface area (Å²) in [5, 5.41) is 6.03. The van der Waals surface area contributed by atoms with Crippen LogP contribution in [0.15, 0.2) is 0 Å². The number of hydrogen-bond acceptors (Lipinski definition) is 3. The fourth-order valence-corrected chi connectivity index (χ4v) is 2.68. The lowest BCUT2D eigenvalue weighted by atomic mass is 9.90. The lowest BCUT2D eigenvalue weighted by Crippen LogP contribution is -2.58. The second kappa shape index (κ2) is 7.10. The summed E-state index contributed by atoms with van der Waals surface area (Å²) in [7, 11) is 0. The summed E-state index contributed by atoms with van der Waals surface area (Å²) in [5.41, 5.74) is -0.496. The molecule has 0 radical (unpaired) electrons. The zero-order valence-corrected chi connectivity index (χ0v) is 12.4. The molecule has 0 saturated carbocycles. The van der Waals surface area contributed by atoms with E-state index in [0.717, 1.165) is 51.7 Å². The number of hydrogen-bond donors (Lipinski definition) is 2. The first-order chi connectivity index (χ1) is 8.62. The molecule has 19 heavy (non-hydrogen) atoms. The molecule has 110 valence electrons. The van der Waals surface area contributed by atoms with Gasteiger partial charge in [-0.2, -0.15) is 0 Å². The van der Waals surface area contributed by atoms with Crippen molar-refractivity contribution in [3.05, 3.63) is 0 Å². The molecule has 0 aromatic carbocycles. The van der Waals surface area contributed by atoms with Gasteiger partial charge in [0.25, 0.3) is 0 Å².